The maximum atomic E-state index is 10.2. The van der Waals surface area contributed by atoms with E-state index < -0.39 is 5.97 Å². The monoisotopic (exact) mass is 193 g/mol. The molecule has 1 aromatic heterocycles. The standard InChI is InChI=1S/C6H4ClNO2.ClH/c7-5-3-1-2-4(8-5)6(9)10;/h1-3H,(H,9,10);1H. The second-order valence-corrected chi connectivity index (χ2v) is 2.04. The van der Waals surface area contributed by atoms with Gasteiger partial charge in [0.15, 0.2) is 0 Å². The number of hydrogen-bond donors (Lipinski definition) is 1. The minimum atomic E-state index is -1.07. The van der Waals surface area contributed by atoms with Crippen LogP contribution in [0.4, 0.5) is 0 Å². The van der Waals surface area contributed by atoms with Crippen molar-refractivity contribution < 1.29 is 9.90 Å². The number of carboxylic acids is 1. The molecule has 3 nitrogen and oxygen atoms in total. The first-order valence-corrected chi connectivity index (χ1v) is 2.94. The van der Waals surface area contributed by atoms with Crippen molar-refractivity contribution >= 4 is 30.0 Å². The molecule has 0 saturated heterocycles. The molecular formula is C6H5Cl2NO2. The van der Waals surface area contributed by atoms with Crippen molar-refractivity contribution in [3.8, 4) is 0 Å². The normalized spacial score (nSPS) is 8.45. The van der Waals surface area contributed by atoms with Gasteiger partial charge in [0.25, 0.3) is 0 Å². The van der Waals surface area contributed by atoms with Crippen LogP contribution in [-0.2, 0) is 0 Å². The van der Waals surface area contributed by atoms with E-state index in [9.17, 15) is 4.79 Å². The van der Waals surface area contributed by atoms with Gasteiger partial charge in [0.05, 0.1) is 0 Å². The molecule has 11 heavy (non-hydrogen) atoms. The molecule has 0 radical (unpaired) electrons. The SMILES string of the molecule is Cl.O=C(O)c1cccc(Cl)n1. The fourth-order valence-corrected chi connectivity index (χ4v) is 0.691. The first kappa shape index (κ1) is 10.2. The average molecular weight is 194 g/mol. The molecule has 1 heterocycles. The van der Waals surface area contributed by atoms with Gasteiger partial charge in [-0.15, -0.1) is 12.4 Å². The first-order valence-electron chi connectivity index (χ1n) is 2.56. The minimum absolute atomic E-state index is 0. The van der Waals surface area contributed by atoms with Crippen LogP contribution in [0.2, 0.25) is 5.15 Å². The van der Waals surface area contributed by atoms with E-state index in [2.05, 4.69) is 4.98 Å². The Kier molecular flexibility index (Phi) is 3.85. The van der Waals surface area contributed by atoms with Gasteiger partial charge in [0.1, 0.15) is 10.8 Å². The zero-order chi connectivity index (χ0) is 7.56. The smallest absolute Gasteiger partial charge is 0.354 e. The van der Waals surface area contributed by atoms with Crippen LogP contribution >= 0.6 is 24.0 Å². The predicted molar refractivity (Wildman–Crippen MR) is 43.5 cm³/mol. The summed E-state index contributed by atoms with van der Waals surface area (Å²) in [6.07, 6.45) is 0. The van der Waals surface area contributed by atoms with E-state index in [0.29, 0.717) is 0 Å². The zero-order valence-electron chi connectivity index (χ0n) is 5.32. The molecule has 0 aliphatic heterocycles. The Labute approximate surface area is 74.4 Å². The van der Waals surface area contributed by atoms with Crippen LogP contribution in [0.15, 0.2) is 18.2 Å². The van der Waals surface area contributed by atoms with E-state index in [1.54, 1.807) is 6.07 Å². The van der Waals surface area contributed by atoms with E-state index >= 15 is 0 Å². The Bertz CT molecular complexity index is 265. The van der Waals surface area contributed by atoms with Crippen molar-refractivity contribution in [3.63, 3.8) is 0 Å². The summed E-state index contributed by atoms with van der Waals surface area (Å²) in [4.78, 5) is 13.8. The lowest BCUT2D eigenvalue weighted by Crippen LogP contribution is -1.98. The maximum Gasteiger partial charge on any atom is 0.354 e. The van der Waals surface area contributed by atoms with Crippen LogP contribution < -0.4 is 0 Å². The van der Waals surface area contributed by atoms with Crippen LogP contribution in [0, 0.1) is 0 Å². The Hall–Kier alpha value is -0.800. The highest BCUT2D eigenvalue weighted by Gasteiger charge is 2.02. The van der Waals surface area contributed by atoms with Crippen molar-refractivity contribution in [3.05, 3.63) is 29.0 Å². The molecule has 1 aromatic rings. The summed E-state index contributed by atoms with van der Waals surface area (Å²) in [5.41, 5.74) is -0.0347. The molecule has 0 atom stereocenters. The van der Waals surface area contributed by atoms with Gasteiger partial charge in [-0.3, -0.25) is 0 Å². The van der Waals surface area contributed by atoms with Gasteiger partial charge >= 0.3 is 5.97 Å². The second-order valence-electron chi connectivity index (χ2n) is 1.65. The van der Waals surface area contributed by atoms with Gasteiger partial charge in [0.2, 0.25) is 0 Å². The van der Waals surface area contributed by atoms with E-state index in [1.165, 1.54) is 12.1 Å². The number of rotatable bonds is 1. The first-order chi connectivity index (χ1) is 4.70. The van der Waals surface area contributed by atoms with Crippen molar-refractivity contribution in [1.82, 2.24) is 4.98 Å². The number of aromatic nitrogens is 1. The fourth-order valence-electron chi connectivity index (χ4n) is 0.527. The predicted octanol–water partition coefficient (Wildman–Crippen LogP) is 1.85. The molecular weight excluding hydrogens is 189 g/mol. The summed E-state index contributed by atoms with van der Waals surface area (Å²) in [5, 5.41) is 8.58. The van der Waals surface area contributed by atoms with Crippen LogP contribution in [0.1, 0.15) is 10.5 Å². The lowest BCUT2D eigenvalue weighted by molar-refractivity contribution is 0.0690. The summed E-state index contributed by atoms with van der Waals surface area (Å²) in [5.74, 6) is -1.07. The van der Waals surface area contributed by atoms with Gasteiger partial charge in [-0.2, -0.15) is 0 Å². The van der Waals surface area contributed by atoms with E-state index in [4.69, 9.17) is 16.7 Å². The summed E-state index contributed by atoms with van der Waals surface area (Å²) in [6, 6.07) is 4.45. The zero-order valence-corrected chi connectivity index (χ0v) is 6.89. The molecule has 0 aliphatic carbocycles. The van der Waals surface area contributed by atoms with Crippen LogP contribution in [0.5, 0.6) is 0 Å². The van der Waals surface area contributed by atoms with Gasteiger partial charge in [-0.05, 0) is 12.1 Å². The van der Waals surface area contributed by atoms with E-state index in [-0.39, 0.29) is 23.3 Å². The average Bonchev–Trinajstić information content (AvgIpc) is 1.88. The van der Waals surface area contributed by atoms with Crippen molar-refractivity contribution in [2.24, 2.45) is 0 Å². The third-order valence-corrected chi connectivity index (χ3v) is 1.14. The number of halogens is 2. The highest BCUT2D eigenvalue weighted by atomic mass is 35.5. The number of nitrogens with zero attached hydrogens (tertiary/aromatic N) is 1. The highest BCUT2D eigenvalue weighted by Crippen LogP contribution is 2.04. The number of carboxylic acid groups (broad SMARTS) is 1. The topological polar surface area (TPSA) is 50.2 Å². The molecule has 1 rings (SSSR count). The lowest BCUT2D eigenvalue weighted by Gasteiger charge is -1.91. The van der Waals surface area contributed by atoms with E-state index in [0.717, 1.165) is 0 Å². The number of hydrogen-bond acceptors (Lipinski definition) is 2. The Morgan fingerprint density at radius 1 is 1.55 bits per heavy atom. The van der Waals surface area contributed by atoms with Gasteiger partial charge in [-0.1, -0.05) is 17.7 Å². The Balaban J connectivity index is 0.000001000. The quantitative estimate of drug-likeness (QED) is 0.694. The van der Waals surface area contributed by atoms with Crippen molar-refractivity contribution in [1.29, 1.82) is 0 Å². The van der Waals surface area contributed by atoms with Crippen molar-refractivity contribution in [2.45, 2.75) is 0 Å². The molecule has 0 amide bonds. The molecule has 1 N–H and O–H groups in total. The summed E-state index contributed by atoms with van der Waals surface area (Å²) >= 11 is 5.41. The van der Waals surface area contributed by atoms with Gasteiger partial charge in [-0.25, -0.2) is 9.78 Å². The largest absolute Gasteiger partial charge is 0.477 e. The molecule has 0 fully saturated rings. The molecule has 0 aromatic carbocycles. The third-order valence-electron chi connectivity index (χ3n) is 0.934. The molecule has 60 valence electrons. The molecule has 0 aliphatic rings. The fraction of sp³-hybridized carbons (Fsp3) is 0. The molecule has 5 heteroatoms. The minimum Gasteiger partial charge on any atom is -0.477 e. The molecule has 0 bridgehead atoms. The number of aromatic carboxylic acids is 1. The summed E-state index contributed by atoms with van der Waals surface area (Å²) in [6.45, 7) is 0. The Morgan fingerprint density at radius 3 is 2.55 bits per heavy atom. The molecule has 0 saturated carbocycles. The van der Waals surface area contributed by atoms with Gasteiger partial charge < -0.3 is 5.11 Å². The third kappa shape index (κ3) is 2.74. The van der Waals surface area contributed by atoms with Crippen LogP contribution in [-0.4, -0.2) is 16.1 Å². The van der Waals surface area contributed by atoms with Crippen LogP contribution in [0.25, 0.3) is 0 Å². The van der Waals surface area contributed by atoms with Crippen molar-refractivity contribution in [2.75, 3.05) is 0 Å². The summed E-state index contributed by atoms with van der Waals surface area (Å²) in [7, 11) is 0. The van der Waals surface area contributed by atoms with Gasteiger partial charge in [0, 0.05) is 0 Å². The summed E-state index contributed by atoms with van der Waals surface area (Å²) < 4.78 is 0. The van der Waals surface area contributed by atoms with Crippen LogP contribution in [0.3, 0.4) is 0 Å². The number of carbonyl (C=O) groups is 1. The molecule has 0 unspecified atom stereocenters. The Morgan fingerprint density at radius 2 is 2.18 bits per heavy atom. The molecule has 0 spiro atoms. The maximum absolute atomic E-state index is 10.2. The number of pyridine rings is 1. The highest BCUT2D eigenvalue weighted by molar-refractivity contribution is 6.29. The second kappa shape index (κ2) is 4.16. The van der Waals surface area contributed by atoms with E-state index in [1.807, 2.05) is 0 Å². The lowest BCUT2D eigenvalue weighted by atomic mass is 10.4.